The minimum atomic E-state index is -0.473. The van der Waals surface area contributed by atoms with Crippen molar-refractivity contribution in [1.82, 2.24) is 9.13 Å². The fourth-order valence-corrected chi connectivity index (χ4v) is 14.2. The number of benzene rings is 11. The number of aromatic nitrogens is 2. The summed E-state index contributed by atoms with van der Waals surface area (Å²) in [4.78, 5) is 4.57. The van der Waals surface area contributed by atoms with Crippen LogP contribution < -0.4 is 0 Å². The van der Waals surface area contributed by atoms with E-state index >= 15 is 0 Å². The summed E-state index contributed by atoms with van der Waals surface area (Å²) in [7, 11) is 0. The minimum absolute atomic E-state index is 0.0842. The Morgan fingerprint density at radius 3 is 1.69 bits per heavy atom. The van der Waals surface area contributed by atoms with E-state index in [0.717, 1.165) is 89.7 Å². The molecule has 0 amide bonds. The van der Waals surface area contributed by atoms with Gasteiger partial charge in [0.05, 0.1) is 61.8 Å². The molecule has 0 aliphatic carbocycles. The van der Waals surface area contributed by atoms with E-state index in [4.69, 9.17) is 4.11 Å². The molecule has 4 heterocycles. The highest BCUT2D eigenvalue weighted by atomic mass is 32.1. The molecule has 0 saturated carbocycles. The van der Waals surface area contributed by atoms with Gasteiger partial charge in [-0.05, 0) is 63.7 Å². The number of thiophene rings is 2. The first-order valence-electron chi connectivity index (χ1n) is 26.8. The molecular formula is C68H38N4S2. The smallest absolute Gasteiger partial charge is 0.220 e. The second-order valence-electron chi connectivity index (χ2n) is 18.4. The summed E-state index contributed by atoms with van der Waals surface area (Å²) in [5, 5.41) is 19.7. The number of hydrogen-bond acceptors (Lipinski definition) is 3. The summed E-state index contributed by atoms with van der Waals surface area (Å²) in [6, 6.07) is 68.5. The molecule has 6 heteroatoms. The van der Waals surface area contributed by atoms with E-state index in [0.29, 0.717) is 50.2 Å². The number of nitriles is 1. The lowest BCUT2D eigenvalue weighted by Crippen LogP contribution is -2.09. The molecule has 0 atom stereocenters. The van der Waals surface area contributed by atoms with Gasteiger partial charge in [-0.3, -0.25) is 0 Å². The van der Waals surface area contributed by atoms with Gasteiger partial charge in [0, 0.05) is 63.6 Å². The van der Waals surface area contributed by atoms with Crippen molar-refractivity contribution in [3.8, 4) is 62.0 Å². The summed E-state index contributed by atoms with van der Waals surface area (Å²) in [5.74, 6) is 0. The Balaban J connectivity index is 1.27. The van der Waals surface area contributed by atoms with Gasteiger partial charge in [0.25, 0.3) is 0 Å². The summed E-state index contributed by atoms with van der Waals surface area (Å²) in [6.07, 6.45) is 0. The lowest BCUT2D eigenvalue weighted by Gasteiger charge is -2.26. The van der Waals surface area contributed by atoms with Crippen LogP contribution in [0.15, 0.2) is 230 Å². The molecule has 15 rings (SSSR count). The molecule has 0 spiro atoms. The molecule has 74 heavy (non-hydrogen) atoms. The van der Waals surface area contributed by atoms with Crippen LogP contribution in [-0.4, -0.2) is 9.13 Å². The van der Waals surface area contributed by atoms with Gasteiger partial charge in [0.15, 0.2) is 0 Å². The highest BCUT2D eigenvalue weighted by molar-refractivity contribution is 7.27. The molecule has 0 fully saturated rings. The predicted octanol–water partition coefficient (Wildman–Crippen LogP) is 19.7. The highest BCUT2D eigenvalue weighted by Gasteiger charge is 2.34. The summed E-state index contributed by atoms with van der Waals surface area (Å²) < 4.78 is 54.4. The third-order valence-corrected chi connectivity index (χ3v) is 17.0. The third kappa shape index (κ3) is 5.99. The Kier molecular flexibility index (Phi) is 8.31. The van der Waals surface area contributed by atoms with Crippen molar-refractivity contribution in [3.63, 3.8) is 0 Å². The molecule has 4 nitrogen and oxygen atoms in total. The van der Waals surface area contributed by atoms with Crippen molar-refractivity contribution in [2.45, 2.75) is 0 Å². The van der Waals surface area contributed by atoms with E-state index in [1.807, 2.05) is 103 Å². The fraction of sp³-hybridized carbons (Fsp3) is 0. The van der Waals surface area contributed by atoms with Crippen LogP contribution in [0.3, 0.4) is 0 Å². The van der Waals surface area contributed by atoms with Crippen molar-refractivity contribution in [2.75, 3.05) is 0 Å². The maximum absolute atomic E-state index is 12.4. The first kappa shape index (κ1) is 37.3. The van der Waals surface area contributed by atoms with Gasteiger partial charge >= 0.3 is 0 Å². The molecule has 0 saturated heterocycles. The zero-order valence-corrected chi connectivity index (χ0v) is 40.8. The summed E-state index contributed by atoms with van der Waals surface area (Å²) >= 11 is 3.28. The van der Waals surface area contributed by atoms with Crippen LogP contribution in [0.1, 0.15) is 12.4 Å². The van der Waals surface area contributed by atoms with Crippen molar-refractivity contribution in [3.05, 3.63) is 247 Å². The number of rotatable bonds is 6. The maximum Gasteiger partial charge on any atom is 0.220 e. The number of para-hydroxylation sites is 1. The van der Waals surface area contributed by atoms with Gasteiger partial charge in [-0.2, -0.15) is 5.26 Å². The standard InChI is InChI=1S/C68H38N4S2/c1-70-62-58(43-25-10-4-11-26-43)53(40-69)63(59(44-27-12-5-13-28-44)65(62)71-54-33-17-14-31-49(54)60-45(32-20-34-55(60)71)41-21-6-2-7-22-41)72-64-50(38-37-48-46-29-15-18-35-56(46)73-67(48)64)61-51(42-23-8-3-9-24-42)39-52-47-30-16-19-36-57(47)74-68(52)66(61)72/h2-39H/i3D,8D,9D,23D,24D. The highest BCUT2D eigenvalue weighted by Crippen LogP contribution is 2.56. The van der Waals surface area contributed by atoms with Crippen molar-refractivity contribution in [2.24, 2.45) is 0 Å². The van der Waals surface area contributed by atoms with Gasteiger partial charge < -0.3 is 9.13 Å². The number of hydrogen-bond donors (Lipinski definition) is 0. The van der Waals surface area contributed by atoms with Crippen LogP contribution in [0.2, 0.25) is 0 Å². The Morgan fingerprint density at radius 2 is 1.01 bits per heavy atom. The van der Waals surface area contributed by atoms with E-state index in [1.54, 1.807) is 22.7 Å². The molecule has 0 aliphatic heterocycles. The van der Waals surface area contributed by atoms with Crippen molar-refractivity contribution >= 4 is 112 Å². The van der Waals surface area contributed by atoms with E-state index in [1.165, 1.54) is 0 Å². The zero-order chi connectivity index (χ0) is 53.4. The largest absolute Gasteiger partial charge is 0.318 e. The molecule has 0 bridgehead atoms. The average Bonchev–Trinajstić information content (AvgIpc) is 3.46. The van der Waals surface area contributed by atoms with Crippen LogP contribution in [0.5, 0.6) is 0 Å². The van der Waals surface area contributed by atoms with Gasteiger partial charge in [-0.1, -0.05) is 200 Å². The van der Waals surface area contributed by atoms with Crippen LogP contribution in [0.25, 0.3) is 145 Å². The quantitative estimate of drug-likeness (QED) is 0.153. The number of fused-ring (bicyclic) bond motifs is 14. The first-order valence-corrected chi connectivity index (χ1v) is 25.9. The van der Waals surface area contributed by atoms with Gasteiger partial charge in [-0.15, -0.1) is 22.7 Å². The average molecular weight is 980 g/mol. The lowest BCUT2D eigenvalue weighted by atomic mass is 9.88. The predicted molar refractivity (Wildman–Crippen MR) is 314 cm³/mol. The molecule has 4 aromatic heterocycles. The van der Waals surface area contributed by atoms with Crippen LogP contribution >= 0.6 is 22.7 Å². The molecule has 0 unspecified atom stereocenters. The third-order valence-electron chi connectivity index (χ3n) is 14.7. The number of nitrogens with zero attached hydrogens (tertiary/aromatic N) is 4. The van der Waals surface area contributed by atoms with Gasteiger partial charge in [0.1, 0.15) is 6.07 Å². The van der Waals surface area contributed by atoms with Crippen molar-refractivity contribution < 1.29 is 6.85 Å². The summed E-state index contributed by atoms with van der Waals surface area (Å²) in [5.41, 5.74) is 10.2. The Hall–Kier alpha value is -9.56. The van der Waals surface area contributed by atoms with E-state index < -0.39 is 18.1 Å². The van der Waals surface area contributed by atoms with E-state index in [2.05, 4.69) is 117 Å². The SMILES string of the molecule is [2H]c1c([2H])c([2H])c(-c2cc3c4ccccc4sc3c3c2c2ccc4c5ccccc5sc4c2n3-c2c(C#N)c(-c3ccccc3)c([N+]#[C-])c(-n3c4ccccc4c4c(-c5ccccc5)cccc43)c2-c2ccccc2)c([2H])c1[2H]. The molecule has 11 aromatic carbocycles. The minimum Gasteiger partial charge on any atom is -0.318 e. The van der Waals surface area contributed by atoms with E-state index in [-0.39, 0.29) is 23.2 Å². The Morgan fingerprint density at radius 1 is 0.446 bits per heavy atom. The maximum atomic E-state index is 12.4. The Labute approximate surface area is 440 Å². The van der Waals surface area contributed by atoms with Gasteiger partial charge in [0.2, 0.25) is 5.69 Å². The molecular weight excluding hydrogens is 937 g/mol. The molecule has 342 valence electrons. The second-order valence-corrected chi connectivity index (χ2v) is 20.5. The molecule has 0 N–H and O–H groups in total. The molecule has 15 aromatic rings. The monoisotopic (exact) mass is 979 g/mol. The zero-order valence-electron chi connectivity index (χ0n) is 44.2. The first-order chi connectivity index (χ1) is 38.8. The van der Waals surface area contributed by atoms with E-state index in [9.17, 15) is 14.6 Å². The van der Waals surface area contributed by atoms with Crippen LogP contribution in [-0.2, 0) is 0 Å². The lowest BCUT2D eigenvalue weighted by molar-refractivity contribution is 1.14. The summed E-state index contributed by atoms with van der Waals surface area (Å²) in [6.45, 7) is 9.48. The second kappa shape index (κ2) is 16.5. The van der Waals surface area contributed by atoms with Gasteiger partial charge in [-0.25, -0.2) is 4.85 Å². The van der Waals surface area contributed by atoms with Crippen molar-refractivity contribution in [1.29, 1.82) is 5.26 Å². The Bertz CT molecular complexity index is 5190. The molecule has 0 aliphatic rings. The topological polar surface area (TPSA) is 38.0 Å². The normalized spacial score (nSPS) is 12.7. The molecule has 0 radical (unpaired) electrons. The van der Waals surface area contributed by atoms with Crippen LogP contribution in [0.4, 0.5) is 5.69 Å². The van der Waals surface area contributed by atoms with Crippen LogP contribution in [0, 0.1) is 17.9 Å². The fourth-order valence-electron chi connectivity index (χ4n) is 11.7.